The second kappa shape index (κ2) is 4.68. The van der Waals surface area contributed by atoms with Crippen LogP contribution in [0.4, 0.5) is 5.69 Å². The van der Waals surface area contributed by atoms with Crippen molar-refractivity contribution in [2.45, 2.75) is 12.1 Å². The highest BCUT2D eigenvalue weighted by atomic mass is 16.5. The molecule has 5 heteroatoms. The van der Waals surface area contributed by atoms with Gasteiger partial charge < -0.3 is 10.1 Å². The third kappa shape index (κ3) is 1.57. The summed E-state index contributed by atoms with van der Waals surface area (Å²) in [6.45, 7) is 0. The monoisotopic (exact) mass is 320 g/mol. The molecule has 2 aromatic carbocycles. The van der Waals surface area contributed by atoms with Gasteiger partial charge in [-0.3, -0.25) is 9.59 Å². The molecule has 3 heterocycles. The molecule has 120 valence electrons. The molecule has 2 bridgehead atoms. The van der Waals surface area contributed by atoms with Crippen LogP contribution in [-0.2, 0) is 9.59 Å². The van der Waals surface area contributed by atoms with E-state index in [4.69, 9.17) is 4.74 Å². The number of fused-ring (bicyclic) bond motifs is 8. The molecule has 0 aliphatic carbocycles. The van der Waals surface area contributed by atoms with E-state index in [-0.39, 0.29) is 35.7 Å². The van der Waals surface area contributed by atoms with E-state index in [9.17, 15) is 9.59 Å². The smallest absolute Gasteiger partial charge is 0.239 e. The first-order valence-corrected chi connectivity index (χ1v) is 8.07. The lowest BCUT2D eigenvalue weighted by Crippen LogP contribution is -2.34. The number of methoxy groups -OCH3 is 1. The summed E-state index contributed by atoms with van der Waals surface area (Å²) in [7, 11) is 1.59. The molecule has 0 unspecified atom stereocenters. The number of hydrogen-bond donors (Lipinski definition) is 1. The second-order valence-electron chi connectivity index (χ2n) is 6.51. The highest BCUT2D eigenvalue weighted by molar-refractivity contribution is 6.23. The van der Waals surface area contributed by atoms with Gasteiger partial charge in [0, 0.05) is 12.1 Å². The molecule has 0 aromatic heterocycles. The molecular formula is C19H16N2O3. The first-order valence-electron chi connectivity index (χ1n) is 8.07. The van der Waals surface area contributed by atoms with Crippen LogP contribution in [0.15, 0.2) is 48.5 Å². The summed E-state index contributed by atoms with van der Waals surface area (Å²) in [5.74, 6) is -0.125. The van der Waals surface area contributed by atoms with E-state index in [1.807, 2.05) is 12.1 Å². The highest BCUT2D eigenvalue weighted by Gasteiger charge is 2.63. The van der Waals surface area contributed by atoms with Gasteiger partial charge in [0.15, 0.2) is 0 Å². The Morgan fingerprint density at radius 1 is 0.875 bits per heavy atom. The number of nitrogens with one attached hydrogen (secondary N) is 1. The van der Waals surface area contributed by atoms with E-state index in [2.05, 4.69) is 17.4 Å². The van der Waals surface area contributed by atoms with Crippen LogP contribution < -0.4 is 15.0 Å². The number of carbonyl (C=O) groups is 2. The zero-order chi connectivity index (χ0) is 16.4. The van der Waals surface area contributed by atoms with Crippen LogP contribution in [0.5, 0.6) is 5.75 Å². The summed E-state index contributed by atoms with van der Waals surface area (Å²) in [5, 5.41) is 3.46. The molecule has 2 saturated heterocycles. The number of amides is 2. The predicted molar refractivity (Wildman–Crippen MR) is 87.5 cm³/mol. The molecule has 2 aromatic rings. The number of anilines is 1. The van der Waals surface area contributed by atoms with E-state index in [0.29, 0.717) is 11.4 Å². The van der Waals surface area contributed by atoms with Crippen molar-refractivity contribution in [2.75, 3.05) is 12.0 Å². The Labute approximate surface area is 139 Å². The van der Waals surface area contributed by atoms with E-state index >= 15 is 0 Å². The minimum atomic E-state index is -0.306. The Balaban J connectivity index is 1.55. The fourth-order valence-corrected chi connectivity index (χ4v) is 4.44. The Bertz CT molecular complexity index is 814. The largest absolute Gasteiger partial charge is 0.497 e. The fraction of sp³-hybridized carbons (Fsp3) is 0.263. The van der Waals surface area contributed by atoms with Crippen LogP contribution in [0, 0.1) is 11.8 Å². The van der Waals surface area contributed by atoms with Gasteiger partial charge in [0.25, 0.3) is 0 Å². The quantitative estimate of drug-likeness (QED) is 0.862. The number of carbonyl (C=O) groups excluding carboxylic acids is 2. The van der Waals surface area contributed by atoms with Crippen molar-refractivity contribution in [1.29, 1.82) is 0 Å². The molecule has 1 N–H and O–H groups in total. The summed E-state index contributed by atoms with van der Waals surface area (Å²) < 4.78 is 5.15. The normalized spacial score (nSPS) is 29.8. The van der Waals surface area contributed by atoms with Crippen LogP contribution in [0.3, 0.4) is 0 Å². The number of ether oxygens (including phenoxy) is 1. The van der Waals surface area contributed by atoms with Gasteiger partial charge in [-0.1, -0.05) is 24.3 Å². The van der Waals surface area contributed by atoms with E-state index < -0.39 is 0 Å². The molecule has 5 rings (SSSR count). The molecule has 24 heavy (non-hydrogen) atoms. The third-order valence-electron chi connectivity index (χ3n) is 5.47. The Hall–Kier alpha value is -2.66. The SMILES string of the molecule is COc1ccc(N2C(=O)[C@@H]3[C@H](C2=O)[C@H]2N[C@@H]3c3ccccc32)cc1. The summed E-state index contributed by atoms with van der Waals surface area (Å²) >= 11 is 0. The number of benzene rings is 2. The fourth-order valence-electron chi connectivity index (χ4n) is 4.44. The minimum Gasteiger partial charge on any atom is -0.497 e. The first-order chi connectivity index (χ1) is 11.7. The summed E-state index contributed by atoms with van der Waals surface area (Å²) in [5.41, 5.74) is 2.92. The molecule has 2 amide bonds. The van der Waals surface area contributed by atoms with Crippen LogP contribution >= 0.6 is 0 Å². The van der Waals surface area contributed by atoms with Crippen LogP contribution in [0.2, 0.25) is 0 Å². The maximum absolute atomic E-state index is 13.0. The van der Waals surface area contributed by atoms with Crippen molar-refractivity contribution in [3.63, 3.8) is 0 Å². The lowest BCUT2D eigenvalue weighted by atomic mass is 9.77. The zero-order valence-corrected chi connectivity index (χ0v) is 13.1. The number of imide groups is 1. The lowest BCUT2D eigenvalue weighted by molar-refractivity contribution is -0.123. The average Bonchev–Trinajstić information content (AvgIpc) is 3.26. The molecular weight excluding hydrogens is 304 g/mol. The molecule has 0 spiro atoms. The Morgan fingerprint density at radius 2 is 1.42 bits per heavy atom. The van der Waals surface area contributed by atoms with Gasteiger partial charge in [0.2, 0.25) is 11.8 Å². The van der Waals surface area contributed by atoms with E-state index in [0.717, 1.165) is 11.1 Å². The number of hydrogen-bond acceptors (Lipinski definition) is 4. The lowest BCUT2D eigenvalue weighted by Gasteiger charge is -2.21. The van der Waals surface area contributed by atoms with Crippen molar-refractivity contribution < 1.29 is 14.3 Å². The second-order valence-corrected chi connectivity index (χ2v) is 6.51. The summed E-state index contributed by atoms with van der Waals surface area (Å²) in [6.07, 6.45) is 0. The van der Waals surface area contributed by atoms with E-state index in [1.165, 1.54) is 4.90 Å². The molecule has 3 aliphatic rings. The van der Waals surface area contributed by atoms with Crippen LogP contribution in [0.1, 0.15) is 23.2 Å². The average molecular weight is 320 g/mol. The van der Waals surface area contributed by atoms with Crippen molar-refractivity contribution in [3.8, 4) is 5.75 Å². The summed E-state index contributed by atoms with van der Waals surface area (Å²) in [6, 6.07) is 15.0. The molecule has 2 fully saturated rings. The van der Waals surface area contributed by atoms with Gasteiger partial charge in [0.1, 0.15) is 5.75 Å². The number of rotatable bonds is 2. The topological polar surface area (TPSA) is 58.6 Å². The first kappa shape index (κ1) is 13.7. The van der Waals surface area contributed by atoms with Crippen LogP contribution in [-0.4, -0.2) is 18.9 Å². The highest BCUT2D eigenvalue weighted by Crippen LogP contribution is 2.56. The molecule has 5 nitrogen and oxygen atoms in total. The maximum atomic E-state index is 13.0. The maximum Gasteiger partial charge on any atom is 0.239 e. The van der Waals surface area contributed by atoms with Crippen molar-refractivity contribution >= 4 is 17.5 Å². The Morgan fingerprint density at radius 3 is 1.92 bits per heavy atom. The molecule has 3 aliphatic heterocycles. The summed E-state index contributed by atoms with van der Waals surface area (Å²) in [4.78, 5) is 27.3. The van der Waals surface area contributed by atoms with Gasteiger partial charge in [0.05, 0.1) is 24.6 Å². The van der Waals surface area contributed by atoms with Crippen molar-refractivity contribution in [1.82, 2.24) is 5.32 Å². The molecule has 0 saturated carbocycles. The molecule has 4 atom stereocenters. The molecule has 0 radical (unpaired) electrons. The van der Waals surface area contributed by atoms with E-state index in [1.54, 1.807) is 31.4 Å². The van der Waals surface area contributed by atoms with Gasteiger partial charge in [-0.25, -0.2) is 4.90 Å². The minimum absolute atomic E-state index is 0.0594. The van der Waals surface area contributed by atoms with Crippen molar-refractivity contribution in [3.05, 3.63) is 59.7 Å². The predicted octanol–water partition coefficient (Wildman–Crippen LogP) is 2.20. The standard InChI is InChI=1S/C19H16N2O3/c1-24-11-8-6-10(7-9-11)21-18(22)14-15(19(21)23)17-13-5-3-2-4-12(13)16(14)20-17/h2-9,14-17,20H,1H3/t14-,15+,16-,17+. The Kier molecular flexibility index (Phi) is 2.68. The number of nitrogens with zero attached hydrogens (tertiary/aromatic N) is 1. The van der Waals surface area contributed by atoms with Crippen molar-refractivity contribution in [2.24, 2.45) is 11.8 Å². The third-order valence-corrected chi connectivity index (χ3v) is 5.47. The van der Waals surface area contributed by atoms with Gasteiger partial charge in [-0.2, -0.15) is 0 Å². The van der Waals surface area contributed by atoms with Crippen LogP contribution in [0.25, 0.3) is 0 Å². The van der Waals surface area contributed by atoms with Gasteiger partial charge in [-0.05, 0) is 35.4 Å². The van der Waals surface area contributed by atoms with Gasteiger partial charge in [-0.15, -0.1) is 0 Å². The van der Waals surface area contributed by atoms with Gasteiger partial charge >= 0.3 is 0 Å². The zero-order valence-electron chi connectivity index (χ0n) is 13.1.